The van der Waals surface area contributed by atoms with Gasteiger partial charge in [-0.3, -0.25) is 4.72 Å². The molecule has 2 rings (SSSR count). The van der Waals surface area contributed by atoms with Crippen LogP contribution in [-0.4, -0.2) is 28.6 Å². The minimum atomic E-state index is -0.170. The Morgan fingerprint density at radius 2 is 1.87 bits per heavy atom. The molecule has 0 aliphatic heterocycles. The maximum atomic E-state index is 12.5. The first-order valence-corrected chi connectivity index (χ1v) is 7.90. The fraction of sp³-hybridized carbons (Fsp3) is 0.214. The predicted molar refractivity (Wildman–Crippen MR) is 93.0 cm³/mol. The Bertz CT molecular complexity index is 602. The number of nitrogen functional groups attached to an aromatic ring is 1. The molecule has 9 heteroatoms. The molecule has 1 heterocycles. The summed E-state index contributed by atoms with van der Waals surface area (Å²) in [4.78, 5) is 7.40. The van der Waals surface area contributed by atoms with Crippen LogP contribution in [0, 0.1) is 5.82 Å². The number of hydrogen-bond donors (Lipinski definition) is 4. The highest BCUT2D eigenvalue weighted by atomic mass is 32.2. The van der Waals surface area contributed by atoms with Crippen LogP contribution in [0.15, 0.2) is 41.8 Å². The molecule has 1 aromatic carbocycles. The molecule has 0 bridgehead atoms. The van der Waals surface area contributed by atoms with Gasteiger partial charge in [-0.05, 0) is 30.4 Å². The van der Waals surface area contributed by atoms with Gasteiger partial charge in [0.25, 0.3) is 0 Å². The summed E-state index contributed by atoms with van der Waals surface area (Å²) in [6.07, 6.45) is 5.84. The van der Waals surface area contributed by atoms with Gasteiger partial charge in [0, 0.05) is 18.9 Å². The first kappa shape index (κ1) is 18.7. The van der Waals surface area contributed by atoms with Gasteiger partial charge in [-0.2, -0.15) is 5.10 Å². The molecule has 0 amide bonds. The van der Waals surface area contributed by atoms with Gasteiger partial charge in [0.1, 0.15) is 5.82 Å². The summed E-state index contributed by atoms with van der Waals surface area (Å²) in [5.41, 5.74) is 12.3. The van der Waals surface area contributed by atoms with Crippen LogP contribution in [0.3, 0.4) is 0 Å². The molecule has 0 aliphatic rings. The van der Waals surface area contributed by atoms with Crippen molar-refractivity contribution in [1.82, 2.24) is 14.7 Å². The number of nitrogens with zero attached hydrogens (tertiary/aromatic N) is 3. The number of nitrogens with one attached hydrogen (secondary N) is 1. The molecule has 0 spiro atoms. The summed E-state index contributed by atoms with van der Waals surface area (Å²) >= 11 is 1.60. The maximum absolute atomic E-state index is 12.5. The molecule has 23 heavy (non-hydrogen) atoms. The molecule has 0 atom stereocenters. The van der Waals surface area contributed by atoms with Crippen molar-refractivity contribution in [3.63, 3.8) is 0 Å². The van der Waals surface area contributed by atoms with Gasteiger partial charge in [0.15, 0.2) is 5.84 Å². The first-order chi connectivity index (χ1) is 11.1. The molecule has 7 N–H and O–H groups in total. The number of benzene rings is 1. The number of hydrogen-bond acceptors (Lipinski definition) is 7. The lowest BCUT2D eigenvalue weighted by Crippen LogP contribution is -2.16. The van der Waals surface area contributed by atoms with E-state index >= 15 is 0 Å². The lowest BCUT2D eigenvalue weighted by molar-refractivity contribution is 0.627. The van der Waals surface area contributed by atoms with Crippen LogP contribution in [0.5, 0.6) is 0 Å². The SMILES string of the molecule is CSNCCc1ccc(F)cc1.N/N=C(\N)c1cnc(N)nc1. The monoisotopic (exact) mass is 337 g/mol. The van der Waals surface area contributed by atoms with Gasteiger partial charge in [-0.25, -0.2) is 14.4 Å². The minimum Gasteiger partial charge on any atom is -0.382 e. The molecular formula is C14H20FN7S. The normalized spacial score (nSPS) is 10.8. The Hall–Kier alpha value is -2.39. The van der Waals surface area contributed by atoms with Crippen molar-refractivity contribution in [2.45, 2.75) is 6.42 Å². The number of hydrazone groups is 1. The van der Waals surface area contributed by atoms with Gasteiger partial charge in [0.2, 0.25) is 5.95 Å². The number of aromatic nitrogens is 2. The molecule has 0 unspecified atom stereocenters. The van der Waals surface area contributed by atoms with E-state index in [1.165, 1.54) is 24.5 Å². The second-order valence-electron chi connectivity index (χ2n) is 4.32. The Balaban J connectivity index is 0.000000231. The summed E-state index contributed by atoms with van der Waals surface area (Å²) in [5, 5.41) is 3.26. The molecule has 1 aromatic heterocycles. The van der Waals surface area contributed by atoms with E-state index in [2.05, 4.69) is 19.8 Å². The van der Waals surface area contributed by atoms with E-state index in [1.807, 2.05) is 18.4 Å². The van der Waals surface area contributed by atoms with Crippen LogP contribution < -0.4 is 22.0 Å². The topological polar surface area (TPSA) is 128 Å². The summed E-state index contributed by atoms with van der Waals surface area (Å²) in [5.74, 6) is 5.13. The largest absolute Gasteiger partial charge is 0.382 e. The third-order valence-corrected chi connectivity index (χ3v) is 3.17. The second kappa shape index (κ2) is 10.4. The van der Waals surface area contributed by atoms with Crippen molar-refractivity contribution < 1.29 is 4.39 Å². The zero-order valence-electron chi connectivity index (χ0n) is 12.7. The van der Waals surface area contributed by atoms with Gasteiger partial charge in [-0.1, -0.05) is 24.1 Å². The number of anilines is 1. The number of rotatable bonds is 5. The van der Waals surface area contributed by atoms with Crippen molar-refractivity contribution in [3.8, 4) is 0 Å². The molecule has 2 aromatic rings. The summed E-state index contributed by atoms with van der Waals surface area (Å²) in [6, 6.07) is 6.62. The van der Waals surface area contributed by atoms with Crippen molar-refractivity contribution in [3.05, 3.63) is 53.6 Å². The Morgan fingerprint density at radius 1 is 1.26 bits per heavy atom. The average molecular weight is 337 g/mol. The predicted octanol–water partition coefficient (Wildman–Crippen LogP) is 0.874. The zero-order valence-corrected chi connectivity index (χ0v) is 13.6. The molecule has 0 fully saturated rings. The molecule has 0 radical (unpaired) electrons. The third-order valence-electron chi connectivity index (χ3n) is 2.68. The van der Waals surface area contributed by atoms with Crippen LogP contribution in [0.25, 0.3) is 0 Å². The highest BCUT2D eigenvalue weighted by Gasteiger charge is 1.97. The van der Waals surface area contributed by atoms with Crippen LogP contribution in [0.1, 0.15) is 11.1 Å². The highest BCUT2D eigenvalue weighted by molar-refractivity contribution is 7.96. The van der Waals surface area contributed by atoms with Crippen molar-refractivity contribution in [1.29, 1.82) is 0 Å². The smallest absolute Gasteiger partial charge is 0.219 e. The van der Waals surface area contributed by atoms with E-state index in [0.717, 1.165) is 18.5 Å². The summed E-state index contributed by atoms with van der Waals surface area (Å²) in [7, 11) is 0. The van der Waals surface area contributed by atoms with Gasteiger partial charge >= 0.3 is 0 Å². The van der Waals surface area contributed by atoms with Crippen LogP contribution in [0.2, 0.25) is 0 Å². The van der Waals surface area contributed by atoms with Gasteiger partial charge in [0.05, 0.1) is 5.56 Å². The van der Waals surface area contributed by atoms with Crippen LogP contribution in [0.4, 0.5) is 10.3 Å². The Labute approximate surface area is 138 Å². The lowest BCUT2D eigenvalue weighted by Gasteiger charge is -2.00. The number of amidine groups is 1. The van der Waals surface area contributed by atoms with Crippen molar-refractivity contribution in [2.75, 3.05) is 18.5 Å². The van der Waals surface area contributed by atoms with E-state index in [1.54, 1.807) is 11.9 Å². The van der Waals surface area contributed by atoms with E-state index in [9.17, 15) is 4.39 Å². The highest BCUT2D eigenvalue weighted by Crippen LogP contribution is 2.03. The van der Waals surface area contributed by atoms with E-state index < -0.39 is 0 Å². The quantitative estimate of drug-likeness (QED) is 0.159. The van der Waals surface area contributed by atoms with E-state index in [4.69, 9.17) is 17.3 Å². The first-order valence-electron chi connectivity index (χ1n) is 6.68. The average Bonchev–Trinajstić information content (AvgIpc) is 2.57. The molecule has 0 aliphatic carbocycles. The third kappa shape index (κ3) is 7.43. The molecule has 0 saturated carbocycles. The number of nitrogens with two attached hydrogens (primary N) is 3. The van der Waals surface area contributed by atoms with Gasteiger partial charge < -0.3 is 17.3 Å². The minimum absolute atomic E-state index is 0.170. The molecule has 0 saturated heterocycles. The summed E-state index contributed by atoms with van der Waals surface area (Å²) < 4.78 is 15.6. The number of halogens is 1. The maximum Gasteiger partial charge on any atom is 0.219 e. The molecule has 124 valence electrons. The van der Waals surface area contributed by atoms with Gasteiger partial charge in [-0.15, -0.1) is 0 Å². The van der Waals surface area contributed by atoms with E-state index in [-0.39, 0.29) is 17.6 Å². The van der Waals surface area contributed by atoms with Crippen LogP contribution >= 0.6 is 11.9 Å². The summed E-state index contributed by atoms with van der Waals surface area (Å²) in [6.45, 7) is 0.923. The zero-order chi connectivity index (χ0) is 17.1. The van der Waals surface area contributed by atoms with E-state index in [0.29, 0.717) is 5.56 Å². The molecule has 7 nitrogen and oxygen atoms in total. The van der Waals surface area contributed by atoms with Crippen molar-refractivity contribution >= 4 is 23.7 Å². The van der Waals surface area contributed by atoms with Crippen LogP contribution in [-0.2, 0) is 6.42 Å². The van der Waals surface area contributed by atoms with Crippen molar-refractivity contribution in [2.24, 2.45) is 16.7 Å². The Morgan fingerprint density at radius 3 is 2.39 bits per heavy atom. The second-order valence-corrected chi connectivity index (χ2v) is 5.02. The standard InChI is InChI=1S/C9H12FNS.C5H8N6/c1-12-11-7-6-8-2-4-9(10)5-3-8;6-4(11-8)3-1-9-5(7)10-2-3/h2-5,11H,6-7H2,1H3;1-2H,8H2,(H2,6,11)(H2,7,9,10). The fourth-order valence-corrected chi connectivity index (χ4v) is 1.80. The Kier molecular flexibility index (Phi) is 8.40. The molecular weight excluding hydrogens is 317 g/mol. The lowest BCUT2D eigenvalue weighted by atomic mass is 10.1. The fourth-order valence-electron chi connectivity index (χ4n) is 1.49.